The summed E-state index contributed by atoms with van der Waals surface area (Å²) in [4.78, 5) is 0. The van der Waals surface area contributed by atoms with Gasteiger partial charge in [0.25, 0.3) is 0 Å². The number of hydrogen-bond donors (Lipinski definition) is 0. The molecule has 0 radical (unpaired) electrons. The Labute approximate surface area is 101 Å². The predicted molar refractivity (Wildman–Crippen MR) is 68.5 cm³/mol. The van der Waals surface area contributed by atoms with E-state index >= 15 is 0 Å². The van der Waals surface area contributed by atoms with Crippen LogP contribution in [0.2, 0.25) is 0 Å². The minimum atomic E-state index is 0.875. The maximum absolute atomic E-state index is 5.95. The summed E-state index contributed by atoms with van der Waals surface area (Å²) in [7, 11) is 0. The lowest BCUT2D eigenvalue weighted by atomic mass is 9.83. The molecule has 94 valence electrons. The summed E-state index contributed by atoms with van der Waals surface area (Å²) in [5.41, 5.74) is 0. The first-order chi connectivity index (χ1) is 7.84. The van der Waals surface area contributed by atoms with Gasteiger partial charge in [-0.3, -0.25) is 0 Å². The third-order valence-corrected chi connectivity index (χ3v) is 4.57. The molecule has 0 saturated heterocycles. The van der Waals surface area contributed by atoms with Crippen molar-refractivity contribution >= 4 is 0 Å². The van der Waals surface area contributed by atoms with Crippen molar-refractivity contribution in [1.29, 1.82) is 0 Å². The third-order valence-electron chi connectivity index (χ3n) is 4.57. The first-order valence-electron chi connectivity index (χ1n) is 7.42. The van der Waals surface area contributed by atoms with Crippen molar-refractivity contribution in [2.24, 2.45) is 17.8 Å². The molecule has 0 unspecified atom stereocenters. The molecule has 0 bridgehead atoms. The molecule has 2 rings (SSSR count). The van der Waals surface area contributed by atoms with Gasteiger partial charge in [0, 0.05) is 13.2 Å². The molecule has 0 aliphatic heterocycles. The Balaban J connectivity index is 1.53. The Hall–Kier alpha value is -0.0400. The molecule has 0 aromatic heterocycles. The highest BCUT2D eigenvalue weighted by Gasteiger charge is 2.19. The van der Waals surface area contributed by atoms with Crippen molar-refractivity contribution in [3.05, 3.63) is 0 Å². The zero-order valence-corrected chi connectivity index (χ0v) is 10.9. The van der Waals surface area contributed by atoms with Crippen molar-refractivity contribution in [3.8, 4) is 0 Å². The molecule has 0 atom stereocenters. The summed E-state index contributed by atoms with van der Waals surface area (Å²) in [6.45, 7) is 4.48. The largest absolute Gasteiger partial charge is 0.381 e. The minimum absolute atomic E-state index is 0.875. The molecule has 0 spiro atoms. The number of ether oxygens (including phenoxy) is 1. The van der Waals surface area contributed by atoms with Crippen molar-refractivity contribution < 1.29 is 4.74 Å². The molecule has 1 nitrogen and oxygen atoms in total. The Morgan fingerprint density at radius 1 is 0.750 bits per heavy atom. The molecule has 0 N–H and O–H groups in total. The lowest BCUT2D eigenvalue weighted by Gasteiger charge is -2.27. The van der Waals surface area contributed by atoms with Crippen LogP contribution < -0.4 is 0 Å². The third kappa shape index (κ3) is 4.08. The second-order valence-electron chi connectivity index (χ2n) is 6.17. The summed E-state index contributed by atoms with van der Waals surface area (Å²) in [5, 5.41) is 0. The van der Waals surface area contributed by atoms with Gasteiger partial charge in [-0.1, -0.05) is 39.0 Å². The van der Waals surface area contributed by atoms with Gasteiger partial charge in [0.2, 0.25) is 0 Å². The van der Waals surface area contributed by atoms with E-state index in [9.17, 15) is 0 Å². The Kier molecular flexibility index (Phi) is 5.15. The van der Waals surface area contributed by atoms with Crippen molar-refractivity contribution in [1.82, 2.24) is 0 Å². The maximum Gasteiger partial charge on any atom is 0.0494 e. The molecule has 0 heterocycles. The van der Waals surface area contributed by atoms with Crippen LogP contribution in [0.15, 0.2) is 0 Å². The number of hydrogen-bond acceptors (Lipinski definition) is 1. The van der Waals surface area contributed by atoms with Crippen molar-refractivity contribution in [2.45, 2.75) is 64.7 Å². The average Bonchev–Trinajstić information content (AvgIpc) is 2.33. The molecule has 1 heteroatoms. The molecule has 2 aliphatic rings. The molecule has 2 fully saturated rings. The van der Waals surface area contributed by atoms with E-state index in [-0.39, 0.29) is 0 Å². The quantitative estimate of drug-likeness (QED) is 0.687. The van der Waals surface area contributed by atoms with Gasteiger partial charge in [0.05, 0.1) is 0 Å². The average molecular weight is 224 g/mol. The van der Waals surface area contributed by atoms with Crippen LogP contribution in [0.4, 0.5) is 0 Å². The normalized spacial score (nSPS) is 32.8. The van der Waals surface area contributed by atoms with Crippen LogP contribution in [-0.2, 0) is 4.74 Å². The zero-order valence-electron chi connectivity index (χ0n) is 10.9. The first kappa shape index (κ1) is 12.4. The Bertz CT molecular complexity index is 176. The van der Waals surface area contributed by atoms with Gasteiger partial charge in [-0.25, -0.2) is 0 Å². The van der Waals surface area contributed by atoms with E-state index in [1.54, 1.807) is 0 Å². The van der Waals surface area contributed by atoms with Crippen LogP contribution in [0, 0.1) is 17.8 Å². The highest BCUT2D eigenvalue weighted by atomic mass is 16.5. The summed E-state index contributed by atoms with van der Waals surface area (Å²) in [6.07, 6.45) is 12.8. The predicted octanol–water partition coefficient (Wildman–Crippen LogP) is 4.41. The van der Waals surface area contributed by atoms with Crippen LogP contribution in [0.5, 0.6) is 0 Å². The molecule has 0 aromatic carbocycles. The molecule has 16 heavy (non-hydrogen) atoms. The Morgan fingerprint density at radius 3 is 1.94 bits per heavy atom. The van der Waals surface area contributed by atoms with Crippen LogP contribution >= 0.6 is 0 Å². The fraction of sp³-hybridized carbons (Fsp3) is 1.00. The Morgan fingerprint density at radius 2 is 1.31 bits per heavy atom. The highest BCUT2D eigenvalue weighted by molar-refractivity contribution is 4.70. The zero-order chi connectivity index (χ0) is 11.2. The molecule has 0 amide bonds. The summed E-state index contributed by atoms with van der Waals surface area (Å²) >= 11 is 0. The molecular formula is C15H28O. The van der Waals surface area contributed by atoms with Gasteiger partial charge in [-0.15, -0.1) is 0 Å². The fourth-order valence-corrected chi connectivity index (χ4v) is 3.25. The van der Waals surface area contributed by atoms with Crippen molar-refractivity contribution in [2.75, 3.05) is 13.2 Å². The van der Waals surface area contributed by atoms with Crippen LogP contribution in [0.1, 0.15) is 64.7 Å². The van der Waals surface area contributed by atoms with Crippen LogP contribution in [0.3, 0.4) is 0 Å². The van der Waals surface area contributed by atoms with E-state index in [0.717, 1.165) is 31.0 Å². The van der Waals surface area contributed by atoms with Gasteiger partial charge in [-0.2, -0.15) is 0 Å². The molecule has 2 saturated carbocycles. The second-order valence-corrected chi connectivity index (χ2v) is 6.17. The number of rotatable bonds is 4. The van der Waals surface area contributed by atoms with Crippen LogP contribution in [-0.4, -0.2) is 13.2 Å². The standard InChI is InChI=1S/C15H28O/c1-13-7-9-15(10-8-13)12-16-11-14-5-3-2-4-6-14/h13-15H,2-12H2,1H3. The van der Waals surface area contributed by atoms with E-state index in [4.69, 9.17) is 4.74 Å². The van der Waals surface area contributed by atoms with Gasteiger partial charge < -0.3 is 4.74 Å². The van der Waals surface area contributed by atoms with Crippen molar-refractivity contribution in [3.63, 3.8) is 0 Å². The van der Waals surface area contributed by atoms with Crippen LogP contribution in [0.25, 0.3) is 0 Å². The van der Waals surface area contributed by atoms with E-state index in [2.05, 4.69) is 6.92 Å². The lowest BCUT2D eigenvalue weighted by molar-refractivity contribution is 0.0469. The van der Waals surface area contributed by atoms with E-state index in [0.29, 0.717) is 0 Å². The first-order valence-corrected chi connectivity index (χ1v) is 7.42. The van der Waals surface area contributed by atoms with E-state index < -0.39 is 0 Å². The monoisotopic (exact) mass is 224 g/mol. The van der Waals surface area contributed by atoms with Gasteiger partial charge in [0.1, 0.15) is 0 Å². The van der Waals surface area contributed by atoms with E-state index in [1.165, 1.54) is 57.8 Å². The minimum Gasteiger partial charge on any atom is -0.381 e. The summed E-state index contributed by atoms with van der Waals surface area (Å²) in [5.74, 6) is 2.73. The molecular weight excluding hydrogens is 196 g/mol. The van der Waals surface area contributed by atoms with Gasteiger partial charge in [-0.05, 0) is 43.4 Å². The smallest absolute Gasteiger partial charge is 0.0494 e. The summed E-state index contributed by atoms with van der Waals surface area (Å²) in [6, 6.07) is 0. The molecule has 2 aliphatic carbocycles. The van der Waals surface area contributed by atoms with Gasteiger partial charge >= 0.3 is 0 Å². The highest BCUT2D eigenvalue weighted by Crippen LogP contribution is 2.29. The molecule has 0 aromatic rings. The maximum atomic E-state index is 5.95. The topological polar surface area (TPSA) is 9.23 Å². The SMILES string of the molecule is CC1CCC(COCC2CCCCC2)CC1. The fourth-order valence-electron chi connectivity index (χ4n) is 3.25. The van der Waals surface area contributed by atoms with E-state index in [1.807, 2.05) is 0 Å². The lowest BCUT2D eigenvalue weighted by Crippen LogP contribution is -2.20. The summed E-state index contributed by atoms with van der Waals surface area (Å²) < 4.78 is 5.95. The second kappa shape index (κ2) is 6.64. The van der Waals surface area contributed by atoms with Gasteiger partial charge in [0.15, 0.2) is 0 Å².